The number of aryl methyl sites for hydroxylation is 1. The predicted molar refractivity (Wildman–Crippen MR) is 91.4 cm³/mol. The van der Waals surface area contributed by atoms with Gasteiger partial charge in [-0.15, -0.1) is 0 Å². The van der Waals surface area contributed by atoms with Gasteiger partial charge in [0.25, 0.3) is 0 Å². The van der Waals surface area contributed by atoms with E-state index in [0.29, 0.717) is 16.3 Å². The zero-order chi connectivity index (χ0) is 16.6. The van der Waals surface area contributed by atoms with Gasteiger partial charge in [0.15, 0.2) is 0 Å². The van der Waals surface area contributed by atoms with Crippen molar-refractivity contribution in [3.8, 4) is 16.9 Å². The second-order valence-electron chi connectivity index (χ2n) is 5.22. The van der Waals surface area contributed by atoms with Gasteiger partial charge < -0.3 is 14.5 Å². The monoisotopic (exact) mass is 329 g/mol. The molecule has 4 nitrogen and oxygen atoms in total. The molecule has 3 rings (SSSR count). The lowest BCUT2D eigenvalue weighted by atomic mass is 10.0. The van der Waals surface area contributed by atoms with Gasteiger partial charge in [-0.3, -0.25) is 0 Å². The van der Waals surface area contributed by atoms with E-state index in [1.807, 2.05) is 43.3 Å². The first kappa shape index (κ1) is 15.4. The van der Waals surface area contributed by atoms with Gasteiger partial charge in [-0.05, 0) is 36.8 Å². The maximum atomic E-state index is 12.0. The van der Waals surface area contributed by atoms with Crippen molar-refractivity contribution in [2.45, 2.75) is 6.92 Å². The largest absolute Gasteiger partial charge is 0.496 e. The molecule has 0 aliphatic carbocycles. The fourth-order valence-electron chi connectivity index (χ4n) is 2.75. The highest BCUT2D eigenvalue weighted by Gasteiger charge is 2.19. The maximum absolute atomic E-state index is 12.0. The summed E-state index contributed by atoms with van der Waals surface area (Å²) in [6.07, 6.45) is 0. The normalized spacial score (nSPS) is 10.8. The molecule has 23 heavy (non-hydrogen) atoms. The highest BCUT2D eigenvalue weighted by Crippen LogP contribution is 2.36. The maximum Gasteiger partial charge on any atom is 0.340 e. The van der Waals surface area contributed by atoms with E-state index in [1.165, 1.54) is 7.11 Å². The van der Waals surface area contributed by atoms with Crippen LogP contribution in [0.15, 0.2) is 36.4 Å². The molecule has 0 radical (unpaired) electrons. The van der Waals surface area contributed by atoms with Crippen LogP contribution in [0, 0.1) is 6.92 Å². The minimum Gasteiger partial charge on any atom is -0.496 e. The summed E-state index contributed by atoms with van der Waals surface area (Å²) >= 11 is 5.95. The van der Waals surface area contributed by atoms with Crippen LogP contribution in [0.3, 0.4) is 0 Å². The summed E-state index contributed by atoms with van der Waals surface area (Å²) in [5, 5.41) is 1.46. The Morgan fingerprint density at radius 1 is 1.13 bits per heavy atom. The summed E-state index contributed by atoms with van der Waals surface area (Å²) in [7, 11) is 2.98. The highest BCUT2D eigenvalue weighted by molar-refractivity contribution is 6.30. The summed E-state index contributed by atoms with van der Waals surface area (Å²) < 4.78 is 10.4. The molecule has 1 heterocycles. The zero-order valence-corrected chi connectivity index (χ0v) is 13.8. The molecule has 0 bridgehead atoms. The number of ether oxygens (including phenoxy) is 2. The summed E-state index contributed by atoms with van der Waals surface area (Å²) in [6.45, 7) is 1.85. The molecule has 0 aliphatic rings. The number of nitrogens with one attached hydrogen (secondary N) is 1. The Morgan fingerprint density at radius 3 is 2.43 bits per heavy atom. The average molecular weight is 330 g/mol. The number of hydrogen-bond acceptors (Lipinski definition) is 3. The SMILES string of the molecule is COC(=O)c1c(C)[nH]c2cc(-c3ccc(Cl)cc3)c(OC)cc12. The fraction of sp³-hybridized carbons (Fsp3) is 0.167. The van der Waals surface area contributed by atoms with E-state index < -0.39 is 0 Å². The molecule has 5 heteroatoms. The van der Waals surface area contributed by atoms with E-state index in [-0.39, 0.29) is 5.97 Å². The molecular formula is C18H16ClNO3. The average Bonchev–Trinajstić information content (AvgIpc) is 2.88. The Balaban J connectivity index is 2.25. The number of hydrogen-bond donors (Lipinski definition) is 1. The van der Waals surface area contributed by atoms with Gasteiger partial charge in [0.05, 0.1) is 19.8 Å². The first-order chi connectivity index (χ1) is 11.0. The van der Waals surface area contributed by atoms with E-state index in [1.54, 1.807) is 7.11 Å². The van der Waals surface area contributed by atoms with Crippen LogP contribution in [0.5, 0.6) is 5.75 Å². The molecule has 1 aromatic heterocycles. The lowest BCUT2D eigenvalue weighted by Crippen LogP contribution is -2.02. The predicted octanol–water partition coefficient (Wildman–Crippen LogP) is 4.59. The lowest BCUT2D eigenvalue weighted by Gasteiger charge is -2.10. The number of halogens is 1. The topological polar surface area (TPSA) is 51.3 Å². The van der Waals surface area contributed by atoms with E-state index in [9.17, 15) is 4.79 Å². The van der Waals surface area contributed by atoms with Crippen LogP contribution >= 0.6 is 11.6 Å². The molecule has 118 valence electrons. The molecule has 0 saturated heterocycles. The highest BCUT2D eigenvalue weighted by atomic mass is 35.5. The van der Waals surface area contributed by atoms with Gasteiger partial charge in [0.1, 0.15) is 5.75 Å². The second-order valence-corrected chi connectivity index (χ2v) is 5.66. The molecule has 0 amide bonds. The van der Waals surface area contributed by atoms with E-state index in [4.69, 9.17) is 21.1 Å². The third kappa shape index (κ3) is 2.66. The second kappa shape index (κ2) is 5.97. The minimum atomic E-state index is -0.366. The van der Waals surface area contributed by atoms with Gasteiger partial charge in [0, 0.05) is 27.2 Å². The molecule has 0 fully saturated rings. The third-order valence-electron chi connectivity index (χ3n) is 3.85. The van der Waals surface area contributed by atoms with Gasteiger partial charge >= 0.3 is 5.97 Å². The number of methoxy groups -OCH3 is 2. The molecule has 0 saturated carbocycles. The molecule has 3 aromatic rings. The Kier molecular flexibility index (Phi) is 4.01. The number of carbonyl (C=O) groups excluding carboxylic acids is 1. The van der Waals surface area contributed by atoms with Crippen molar-refractivity contribution in [1.82, 2.24) is 4.98 Å². The summed E-state index contributed by atoms with van der Waals surface area (Å²) in [5.74, 6) is 0.319. The van der Waals surface area contributed by atoms with Crippen molar-refractivity contribution < 1.29 is 14.3 Å². The number of esters is 1. The summed E-state index contributed by atoms with van der Waals surface area (Å²) in [4.78, 5) is 15.2. The zero-order valence-electron chi connectivity index (χ0n) is 13.1. The summed E-state index contributed by atoms with van der Waals surface area (Å²) in [5.41, 5.74) is 4.06. The number of aromatic nitrogens is 1. The van der Waals surface area contributed by atoms with Crippen molar-refractivity contribution >= 4 is 28.5 Å². The van der Waals surface area contributed by atoms with Crippen molar-refractivity contribution in [3.05, 3.63) is 52.7 Å². The van der Waals surface area contributed by atoms with Gasteiger partial charge in [-0.2, -0.15) is 0 Å². The smallest absolute Gasteiger partial charge is 0.340 e. The van der Waals surface area contributed by atoms with Gasteiger partial charge in [0.2, 0.25) is 0 Å². The minimum absolute atomic E-state index is 0.366. The molecule has 2 aromatic carbocycles. The molecular weight excluding hydrogens is 314 g/mol. The van der Waals surface area contributed by atoms with Crippen LogP contribution in [0.1, 0.15) is 16.1 Å². The van der Waals surface area contributed by atoms with Crippen molar-refractivity contribution in [1.29, 1.82) is 0 Å². The lowest BCUT2D eigenvalue weighted by molar-refractivity contribution is 0.0602. The molecule has 0 aliphatic heterocycles. The van der Waals surface area contributed by atoms with Crippen LogP contribution < -0.4 is 4.74 Å². The van der Waals surface area contributed by atoms with Crippen LogP contribution in [0.2, 0.25) is 5.02 Å². The molecule has 0 unspecified atom stereocenters. The molecule has 1 N–H and O–H groups in total. The van der Waals surface area contributed by atoms with Crippen molar-refractivity contribution in [3.63, 3.8) is 0 Å². The Labute approximate surface area is 139 Å². The Bertz CT molecular complexity index is 881. The van der Waals surface area contributed by atoms with Gasteiger partial charge in [-0.25, -0.2) is 4.79 Å². The summed E-state index contributed by atoms with van der Waals surface area (Å²) in [6, 6.07) is 11.4. The number of H-pyrrole nitrogens is 1. The van der Waals surface area contributed by atoms with E-state index in [2.05, 4.69) is 4.98 Å². The number of fused-ring (bicyclic) bond motifs is 1. The first-order valence-corrected chi connectivity index (χ1v) is 7.47. The number of benzene rings is 2. The number of carbonyl (C=O) groups is 1. The van der Waals surface area contributed by atoms with E-state index in [0.717, 1.165) is 27.7 Å². The molecule has 0 atom stereocenters. The third-order valence-corrected chi connectivity index (χ3v) is 4.10. The Morgan fingerprint density at radius 2 is 1.83 bits per heavy atom. The quantitative estimate of drug-likeness (QED) is 0.715. The van der Waals surface area contributed by atoms with Crippen molar-refractivity contribution in [2.75, 3.05) is 14.2 Å². The van der Waals surface area contributed by atoms with Crippen LogP contribution in [-0.4, -0.2) is 25.2 Å². The number of aromatic amines is 1. The first-order valence-electron chi connectivity index (χ1n) is 7.09. The standard InChI is InChI=1S/C18H16ClNO3/c1-10-17(18(21)23-3)14-9-16(22-2)13(8-15(14)20-10)11-4-6-12(19)7-5-11/h4-9,20H,1-3H3. The van der Waals surface area contributed by atoms with Crippen molar-refractivity contribution in [2.24, 2.45) is 0 Å². The number of rotatable bonds is 3. The van der Waals surface area contributed by atoms with Crippen LogP contribution in [0.4, 0.5) is 0 Å². The van der Waals surface area contributed by atoms with Crippen LogP contribution in [0.25, 0.3) is 22.0 Å². The van der Waals surface area contributed by atoms with Crippen LogP contribution in [-0.2, 0) is 4.74 Å². The van der Waals surface area contributed by atoms with E-state index >= 15 is 0 Å². The van der Waals surface area contributed by atoms with Gasteiger partial charge in [-0.1, -0.05) is 23.7 Å². The fourth-order valence-corrected chi connectivity index (χ4v) is 2.87. The molecule has 0 spiro atoms. The Hall–Kier alpha value is -2.46.